The van der Waals surface area contributed by atoms with Crippen LogP contribution in [-0.2, 0) is 0 Å². The van der Waals surface area contributed by atoms with Crippen LogP contribution in [0.15, 0.2) is 138 Å². The highest BCUT2D eigenvalue weighted by Crippen LogP contribution is 2.38. The Morgan fingerprint density at radius 2 is 1.10 bits per heavy atom. The molecule has 0 aliphatic rings. The molecular weight excluding hydrogens is 518 g/mol. The number of rotatable bonds is 3. The molecule has 5 aromatic carbocycles. The summed E-state index contributed by atoms with van der Waals surface area (Å²) in [6, 6.07) is 43.6. The molecule has 0 fully saturated rings. The summed E-state index contributed by atoms with van der Waals surface area (Å²) in [5.41, 5.74) is 9.27. The lowest BCUT2D eigenvalue weighted by Crippen LogP contribution is -1.96. The van der Waals surface area contributed by atoms with E-state index < -0.39 is 0 Å². The van der Waals surface area contributed by atoms with Crippen LogP contribution >= 0.6 is 11.3 Å². The van der Waals surface area contributed by atoms with Gasteiger partial charge in [0, 0.05) is 55.3 Å². The summed E-state index contributed by atoms with van der Waals surface area (Å²) in [5.74, 6) is 0. The molecule has 0 bridgehead atoms. The molecule has 4 heteroatoms. The second-order valence-corrected chi connectivity index (χ2v) is 11.3. The minimum atomic E-state index is 0.998. The average molecular weight is 542 g/mol. The van der Waals surface area contributed by atoms with Gasteiger partial charge in [-0.2, -0.15) is 0 Å². The van der Waals surface area contributed by atoms with E-state index in [1.54, 1.807) is 11.3 Å². The zero-order valence-electron chi connectivity index (χ0n) is 22.0. The summed E-state index contributed by atoms with van der Waals surface area (Å²) in [5, 5.41) is 11.9. The molecule has 0 radical (unpaired) electrons. The number of benzene rings is 5. The Morgan fingerprint density at radius 1 is 0.488 bits per heavy atom. The van der Waals surface area contributed by atoms with Gasteiger partial charge < -0.3 is 4.57 Å². The number of aromatic nitrogens is 3. The maximum atomic E-state index is 4.97. The molecule has 0 atom stereocenters. The molecule has 0 saturated carbocycles. The third kappa shape index (κ3) is 3.28. The lowest BCUT2D eigenvalue weighted by Gasteiger charge is -2.12. The van der Waals surface area contributed by atoms with Gasteiger partial charge in [-0.25, -0.2) is 4.98 Å². The standard InChI is InChI=1S/C37H23N3S/c1-2-14-29-26(9-1)21-38-37-36(29)32-22-41-23-35(32)40(37)28-13-8-11-25(20-28)24-10-7-12-27(19-24)39-33-17-5-3-15-30(33)31-16-4-6-18-34(31)39/h1-23H. The Bertz CT molecular complexity index is 2390. The van der Waals surface area contributed by atoms with Crippen molar-refractivity contribution < 1.29 is 0 Å². The van der Waals surface area contributed by atoms with Crippen molar-refractivity contribution in [1.82, 2.24) is 14.1 Å². The van der Waals surface area contributed by atoms with Crippen molar-refractivity contribution in [2.75, 3.05) is 0 Å². The minimum absolute atomic E-state index is 0.998. The highest BCUT2D eigenvalue weighted by atomic mass is 32.1. The fraction of sp³-hybridized carbons (Fsp3) is 0. The zero-order valence-corrected chi connectivity index (χ0v) is 22.8. The van der Waals surface area contributed by atoms with E-state index >= 15 is 0 Å². The molecule has 0 aliphatic heterocycles. The second-order valence-electron chi connectivity index (χ2n) is 10.5. The van der Waals surface area contributed by atoms with Crippen LogP contribution < -0.4 is 0 Å². The van der Waals surface area contributed by atoms with E-state index in [9.17, 15) is 0 Å². The number of fused-ring (bicyclic) bond motifs is 8. The molecule has 9 rings (SSSR count). The second kappa shape index (κ2) is 8.65. The van der Waals surface area contributed by atoms with E-state index in [-0.39, 0.29) is 0 Å². The first-order valence-corrected chi connectivity index (χ1v) is 14.7. The van der Waals surface area contributed by atoms with Crippen LogP contribution in [0.2, 0.25) is 0 Å². The van der Waals surface area contributed by atoms with Crippen LogP contribution in [0.25, 0.3) is 77.0 Å². The Hall–Kier alpha value is -5.19. The van der Waals surface area contributed by atoms with Gasteiger partial charge in [0.05, 0.1) is 16.6 Å². The van der Waals surface area contributed by atoms with Crippen molar-refractivity contribution in [3.8, 4) is 22.5 Å². The Balaban J connectivity index is 1.24. The van der Waals surface area contributed by atoms with Crippen molar-refractivity contribution >= 4 is 65.9 Å². The molecular formula is C37H23N3S. The quantitative estimate of drug-likeness (QED) is 0.218. The molecule has 0 N–H and O–H groups in total. The first-order chi connectivity index (χ1) is 20.3. The largest absolute Gasteiger partial charge is 0.309 e. The predicted molar refractivity (Wildman–Crippen MR) is 174 cm³/mol. The number of hydrogen-bond acceptors (Lipinski definition) is 2. The normalized spacial score (nSPS) is 11.9. The van der Waals surface area contributed by atoms with Gasteiger partial charge in [0.1, 0.15) is 5.65 Å². The number of hydrogen-bond donors (Lipinski definition) is 0. The van der Waals surface area contributed by atoms with Crippen molar-refractivity contribution in [3.63, 3.8) is 0 Å². The van der Waals surface area contributed by atoms with Crippen molar-refractivity contribution in [2.24, 2.45) is 0 Å². The molecule has 41 heavy (non-hydrogen) atoms. The molecule has 0 saturated heterocycles. The van der Waals surface area contributed by atoms with Crippen LogP contribution in [-0.4, -0.2) is 14.1 Å². The van der Waals surface area contributed by atoms with Gasteiger partial charge in [-0.1, -0.05) is 84.9 Å². The zero-order chi connectivity index (χ0) is 26.9. The van der Waals surface area contributed by atoms with E-state index in [0.29, 0.717) is 0 Å². The van der Waals surface area contributed by atoms with Crippen molar-refractivity contribution in [1.29, 1.82) is 0 Å². The maximum absolute atomic E-state index is 4.97. The monoisotopic (exact) mass is 541 g/mol. The Morgan fingerprint density at radius 3 is 1.80 bits per heavy atom. The smallest absolute Gasteiger partial charge is 0.146 e. The van der Waals surface area contributed by atoms with Gasteiger partial charge >= 0.3 is 0 Å². The van der Waals surface area contributed by atoms with Gasteiger partial charge in [0.2, 0.25) is 0 Å². The summed E-state index contributed by atoms with van der Waals surface area (Å²) in [7, 11) is 0. The highest BCUT2D eigenvalue weighted by molar-refractivity contribution is 7.09. The highest BCUT2D eigenvalue weighted by Gasteiger charge is 2.17. The molecule has 0 unspecified atom stereocenters. The number of nitrogens with zero attached hydrogens (tertiary/aromatic N) is 3. The topological polar surface area (TPSA) is 22.8 Å². The Kier molecular flexibility index (Phi) is 4.77. The first-order valence-electron chi connectivity index (χ1n) is 13.8. The predicted octanol–water partition coefficient (Wildman–Crippen LogP) is 10.2. The van der Waals surface area contributed by atoms with Crippen LogP contribution in [0.4, 0.5) is 0 Å². The molecule has 0 amide bonds. The van der Waals surface area contributed by atoms with Gasteiger partial charge in [-0.05, 0) is 52.9 Å². The lowest BCUT2D eigenvalue weighted by atomic mass is 10.0. The van der Waals surface area contributed by atoms with Crippen LogP contribution in [0, 0.1) is 0 Å². The molecule has 3 nitrogen and oxygen atoms in total. The summed E-state index contributed by atoms with van der Waals surface area (Å²) in [4.78, 5) is 4.97. The molecule has 0 spiro atoms. The number of thiophene rings is 1. The van der Waals surface area contributed by atoms with E-state index in [2.05, 4.69) is 141 Å². The number of pyridine rings is 1. The first kappa shape index (κ1) is 22.6. The minimum Gasteiger partial charge on any atom is -0.309 e. The van der Waals surface area contributed by atoms with E-state index in [0.717, 1.165) is 17.0 Å². The fourth-order valence-corrected chi connectivity index (χ4v) is 7.27. The molecule has 0 aliphatic carbocycles. The summed E-state index contributed by atoms with van der Waals surface area (Å²) in [6.45, 7) is 0. The van der Waals surface area contributed by atoms with Crippen LogP contribution in [0.3, 0.4) is 0 Å². The third-order valence-electron chi connectivity index (χ3n) is 8.27. The third-order valence-corrected chi connectivity index (χ3v) is 9.00. The van der Waals surface area contributed by atoms with Crippen LogP contribution in [0.1, 0.15) is 0 Å². The molecule has 192 valence electrons. The van der Waals surface area contributed by atoms with Crippen molar-refractivity contribution in [2.45, 2.75) is 0 Å². The van der Waals surface area contributed by atoms with E-state index in [1.165, 1.54) is 60.0 Å². The Labute approximate surface area is 240 Å². The molecule has 4 heterocycles. The molecule has 9 aromatic rings. The SMILES string of the molecule is c1cc(-c2cccc(-n3c4cscc4c4c5ccccc5cnc43)c2)cc(-n2c3ccccc3c3ccccc32)c1. The maximum Gasteiger partial charge on any atom is 0.146 e. The van der Waals surface area contributed by atoms with Crippen LogP contribution in [0.5, 0.6) is 0 Å². The summed E-state index contributed by atoms with van der Waals surface area (Å²) < 4.78 is 4.69. The average Bonchev–Trinajstić information content (AvgIpc) is 3.72. The van der Waals surface area contributed by atoms with E-state index in [1.807, 2.05) is 6.20 Å². The van der Waals surface area contributed by atoms with Crippen molar-refractivity contribution in [3.05, 3.63) is 138 Å². The van der Waals surface area contributed by atoms with Gasteiger partial charge in [0.15, 0.2) is 0 Å². The summed E-state index contributed by atoms with van der Waals surface area (Å²) in [6.07, 6.45) is 2.00. The molecule has 4 aromatic heterocycles. The van der Waals surface area contributed by atoms with E-state index in [4.69, 9.17) is 4.98 Å². The fourth-order valence-electron chi connectivity index (χ4n) is 6.46. The van der Waals surface area contributed by atoms with Gasteiger partial charge in [-0.3, -0.25) is 4.57 Å². The van der Waals surface area contributed by atoms with Gasteiger partial charge in [0.25, 0.3) is 0 Å². The van der Waals surface area contributed by atoms with Gasteiger partial charge in [-0.15, -0.1) is 11.3 Å². The number of para-hydroxylation sites is 2. The lowest BCUT2D eigenvalue weighted by molar-refractivity contribution is 1.14. The summed E-state index contributed by atoms with van der Waals surface area (Å²) >= 11 is 1.74.